The molecule has 0 aliphatic heterocycles. The van der Waals surface area contributed by atoms with Crippen molar-refractivity contribution >= 4 is 17.7 Å². The van der Waals surface area contributed by atoms with Crippen molar-refractivity contribution in [3.8, 4) is 5.75 Å². The molecule has 2 rings (SSSR count). The number of benzene rings is 1. The Morgan fingerprint density at radius 3 is 2.79 bits per heavy atom. The van der Waals surface area contributed by atoms with E-state index in [-0.39, 0.29) is 17.2 Å². The fourth-order valence-corrected chi connectivity index (χ4v) is 3.06. The smallest absolute Gasteiger partial charge is 0.233 e. The van der Waals surface area contributed by atoms with Gasteiger partial charge in [0.1, 0.15) is 5.75 Å². The molecular weight excluding hydrogens is 326 g/mol. The summed E-state index contributed by atoms with van der Waals surface area (Å²) in [4.78, 5) is 14.0. The van der Waals surface area contributed by atoms with E-state index in [2.05, 4.69) is 15.5 Å². The quantitative estimate of drug-likeness (QED) is 0.744. The molecule has 0 aliphatic rings. The lowest BCUT2D eigenvalue weighted by atomic mass is 10.1. The average Bonchev–Trinajstić information content (AvgIpc) is 3.01. The van der Waals surface area contributed by atoms with Crippen LogP contribution in [0.3, 0.4) is 0 Å². The second-order valence-electron chi connectivity index (χ2n) is 6.43. The molecule has 0 saturated carbocycles. The molecule has 24 heavy (non-hydrogen) atoms. The number of hydrogen-bond donors (Lipinski definition) is 0. The van der Waals surface area contributed by atoms with Crippen molar-refractivity contribution in [2.45, 2.75) is 38.0 Å². The summed E-state index contributed by atoms with van der Waals surface area (Å²) in [6.07, 6.45) is 0. The van der Waals surface area contributed by atoms with Crippen molar-refractivity contribution in [1.82, 2.24) is 25.1 Å². The SMILES string of the molecule is COc1cccc(CN(C)C(=O)CSc2nnnn2C(C)(C)C)c1. The van der Waals surface area contributed by atoms with Crippen molar-refractivity contribution in [3.05, 3.63) is 29.8 Å². The molecule has 0 unspecified atom stereocenters. The van der Waals surface area contributed by atoms with E-state index in [0.717, 1.165) is 11.3 Å². The summed E-state index contributed by atoms with van der Waals surface area (Å²) in [5.74, 6) is 1.09. The van der Waals surface area contributed by atoms with E-state index in [1.807, 2.05) is 45.0 Å². The molecule has 1 amide bonds. The summed E-state index contributed by atoms with van der Waals surface area (Å²) in [5, 5.41) is 12.3. The molecule has 1 aromatic carbocycles. The Labute approximate surface area is 146 Å². The van der Waals surface area contributed by atoms with Crippen LogP contribution in [0.1, 0.15) is 26.3 Å². The first-order valence-electron chi connectivity index (χ1n) is 7.60. The van der Waals surface area contributed by atoms with Gasteiger partial charge in [-0.2, -0.15) is 0 Å². The first-order valence-corrected chi connectivity index (χ1v) is 8.58. The summed E-state index contributed by atoms with van der Waals surface area (Å²) in [6.45, 7) is 6.58. The van der Waals surface area contributed by atoms with Crippen LogP contribution in [0.15, 0.2) is 29.4 Å². The van der Waals surface area contributed by atoms with Crippen LogP contribution >= 0.6 is 11.8 Å². The number of amides is 1. The minimum absolute atomic E-state index is 0.0197. The molecule has 0 spiro atoms. The van der Waals surface area contributed by atoms with Gasteiger partial charge < -0.3 is 9.64 Å². The van der Waals surface area contributed by atoms with Gasteiger partial charge in [0.15, 0.2) is 0 Å². The van der Waals surface area contributed by atoms with E-state index in [9.17, 15) is 4.79 Å². The molecule has 7 nitrogen and oxygen atoms in total. The van der Waals surface area contributed by atoms with E-state index in [4.69, 9.17) is 4.74 Å². The summed E-state index contributed by atoms with van der Waals surface area (Å²) in [5.41, 5.74) is 0.802. The number of methoxy groups -OCH3 is 1. The lowest BCUT2D eigenvalue weighted by Crippen LogP contribution is -2.28. The topological polar surface area (TPSA) is 73.1 Å². The fraction of sp³-hybridized carbons (Fsp3) is 0.500. The molecule has 0 aliphatic carbocycles. The van der Waals surface area contributed by atoms with E-state index >= 15 is 0 Å². The van der Waals surface area contributed by atoms with E-state index in [1.165, 1.54) is 11.8 Å². The third kappa shape index (κ3) is 4.70. The zero-order valence-corrected chi connectivity index (χ0v) is 15.5. The molecule has 0 bridgehead atoms. The minimum atomic E-state index is -0.221. The highest BCUT2D eigenvalue weighted by molar-refractivity contribution is 7.99. The molecule has 130 valence electrons. The Bertz CT molecular complexity index is 696. The molecule has 0 saturated heterocycles. The van der Waals surface area contributed by atoms with Gasteiger partial charge in [0, 0.05) is 13.6 Å². The highest BCUT2D eigenvalue weighted by atomic mass is 32.2. The molecule has 0 radical (unpaired) electrons. The Kier molecular flexibility index (Phi) is 5.82. The summed E-state index contributed by atoms with van der Waals surface area (Å²) in [7, 11) is 3.42. The van der Waals surface area contributed by atoms with Crippen LogP contribution in [-0.4, -0.2) is 50.9 Å². The first kappa shape index (κ1) is 18.3. The van der Waals surface area contributed by atoms with Gasteiger partial charge in [-0.1, -0.05) is 23.9 Å². The summed E-state index contributed by atoms with van der Waals surface area (Å²) in [6, 6.07) is 7.70. The monoisotopic (exact) mass is 349 g/mol. The number of ether oxygens (including phenoxy) is 1. The number of carbonyl (C=O) groups excluding carboxylic acids is 1. The van der Waals surface area contributed by atoms with Crippen molar-refractivity contribution in [1.29, 1.82) is 0 Å². The lowest BCUT2D eigenvalue weighted by Gasteiger charge is -2.20. The number of carbonyl (C=O) groups is 1. The molecule has 1 aromatic heterocycles. The third-order valence-electron chi connectivity index (χ3n) is 3.38. The van der Waals surface area contributed by atoms with Crippen LogP contribution in [0, 0.1) is 0 Å². The maximum Gasteiger partial charge on any atom is 0.233 e. The van der Waals surface area contributed by atoms with E-state index in [0.29, 0.717) is 11.7 Å². The third-order valence-corrected chi connectivity index (χ3v) is 4.28. The molecular formula is C16H23N5O2S. The Morgan fingerprint density at radius 2 is 2.12 bits per heavy atom. The Morgan fingerprint density at radius 1 is 1.38 bits per heavy atom. The van der Waals surface area contributed by atoms with Crippen LogP contribution in [0.4, 0.5) is 0 Å². The van der Waals surface area contributed by atoms with Crippen LogP contribution in [0.2, 0.25) is 0 Å². The largest absolute Gasteiger partial charge is 0.497 e. The van der Waals surface area contributed by atoms with Gasteiger partial charge in [-0.3, -0.25) is 4.79 Å². The van der Waals surface area contributed by atoms with E-state index in [1.54, 1.807) is 23.7 Å². The predicted octanol–water partition coefficient (Wildman–Crippen LogP) is 2.19. The Balaban J connectivity index is 1.94. The summed E-state index contributed by atoms with van der Waals surface area (Å²) >= 11 is 1.35. The molecule has 1 heterocycles. The van der Waals surface area contributed by atoms with Crippen molar-refractivity contribution < 1.29 is 9.53 Å². The molecule has 0 fully saturated rings. The number of hydrogen-bond acceptors (Lipinski definition) is 6. The average molecular weight is 349 g/mol. The zero-order chi connectivity index (χ0) is 17.7. The maximum absolute atomic E-state index is 12.4. The summed E-state index contributed by atoms with van der Waals surface area (Å²) < 4.78 is 6.94. The van der Waals surface area contributed by atoms with Crippen LogP contribution in [-0.2, 0) is 16.9 Å². The van der Waals surface area contributed by atoms with Gasteiger partial charge in [-0.15, -0.1) is 5.10 Å². The van der Waals surface area contributed by atoms with Gasteiger partial charge in [0.2, 0.25) is 11.1 Å². The lowest BCUT2D eigenvalue weighted by molar-refractivity contribution is -0.127. The van der Waals surface area contributed by atoms with E-state index < -0.39 is 0 Å². The first-order chi connectivity index (χ1) is 11.3. The van der Waals surface area contributed by atoms with Crippen molar-refractivity contribution in [2.75, 3.05) is 19.9 Å². The van der Waals surface area contributed by atoms with Gasteiger partial charge in [0.25, 0.3) is 0 Å². The molecule has 0 atom stereocenters. The highest BCUT2D eigenvalue weighted by Crippen LogP contribution is 2.22. The molecule has 8 heteroatoms. The number of thioether (sulfide) groups is 1. The molecule has 0 N–H and O–H groups in total. The Hall–Kier alpha value is -2.09. The standard InChI is InChI=1S/C16H23N5O2S/c1-16(2,3)21-15(17-18-19-21)24-11-14(22)20(4)10-12-7-6-8-13(9-12)23-5/h6-9H,10-11H2,1-5H3. The van der Waals surface area contributed by atoms with Crippen LogP contribution in [0.5, 0.6) is 5.75 Å². The van der Waals surface area contributed by atoms with Gasteiger partial charge in [0.05, 0.1) is 18.4 Å². The van der Waals surface area contributed by atoms with Gasteiger partial charge >= 0.3 is 0 Å². The normalized spacial score (nSPS) is 11.4. The number of rotatable bonds is 6. The van der Waals surface area contributed by atoms with Crippen LogP contribution in [0.25, 0.3) is 0 Å². The molecule has 2 aromatic rings. The highest BCUT2D eigenvalue weighted by Gasteiger charge is 2.21. The fourth-order valence-electron chi connectivity index (χ4n) is 2.06. The number of nitrogens with zero attached hydrogens (tertiary/aromatic N) is 5. The van der Waals surface area contributed by atoms with Gasteiger partial charge in [-0.05, 0) is 48.9 Å². The predicted molar refractivity (Wildman–Crippen MR) is 93.0 cm³/mol. The zero-order valence-electron chi connectivity index (χ0n) is 14.7. The second kappa shape index (κ2) is 7.65. The van der Waals surface area contributed by atoms with Crippen molar-refractivity contribution in [2.24, 2.45) is 0 Å². The maximum atomic E-state index is 12.4. The minimum Gasteiger partial charge on any atom is -0.497 e. The second-order valence-corrected chi connectivity index (χ2v) is 7.38. The number of tetrazole rings is 1. The van der Waals surface area contributed by atoms with Gasteiger partial charge in [-0.25, -0.2) is 4.68 Å². The number of aromatic nitrogens is 4. The van der Waals surface area contributed by atoms with Crippen LogP contribution < -0.4 is 4.74 Å². The van der Waals surface area contributed by atoms with Crippen molar-refractivity contribution in [3.63, 3.8) is 0 Å².